The molecule has 92 valence electrons. The first-order valence-electron chi connectivity index (χ1n) is 5.88. The fraction of sp³-hybridized carbons (Fsp3) is 0.636. The van der Waals surface area contributed by atoms with Crippen molar-refractivity contribution in [2.45, 2.75) is 32.2 Å². The molecular weight excluding hydrogens is 220 g/mol. The van der Waals surface area contributed by atoms with Crippen LogP contribution in [0.4, 0.5) is 0 Å². The molecule has 1 saturated heterocycles. The molecular formula is C11H16N4O2. The van der Waals surface area contributed by atoms with Gasteiger partial charge in [0, 0.05) is 13.1 Å². The summed E-state index contributed by atoms with van der Waals surface area (Å²) in [6, 6.07) is -0.394. The Morgan fingerprint density at radius 2 is 2.12 bits per heavy atom. The van der Waals surface area contributed by atoms with E-state index in [1.54, 1.807) is 6.92 Å². The van der Waals surface area contributed by atoms with Crippen LogP contribution in [0.1, 0.15) is 42.7 Å². The van der Waals surface area contributed by atoms with Gasteiger partial charge < -0.3 is 4.90 Å². The Labute approximate surface area is 99.6 Å². The van der Waals surface area contributed by atoms with E-state index in [0.717, 1.165) is 25.9 Å². The van der Waals surface area contributed by atoms with E-state index in [2.05, 4.69) is 10.3 Å². The van der Waals surface area contributed by atoms with Gasteiger partial charge in [-0.1, -0.05) is 5.21 Å². The van der Waals surface area contributed by atoms with E-state index in [4.69, 9.17) is 0 Å². The molecule has 1 aromatic heterocycles. The summed E-state index contributed by atoms with van der Waals surface area (Å²) in [6.45, 7) is 3.41. The van der Waals surface area contributed by atoms with Gasteiger partial charge in [0.25, 0.3) is 0 Å². The molecule has 6 heteroatoms. The summed E-state index contributed by atoms with van der Waals surface area (Å²) < 4.78 is 1.45. The molecule has 1 atom stereocenters. The fourth-order valence-corrected chi connectivity index (χ4v) is 2.03. The molecule has 0 saturated carbocycles. The lowest BCUT2D eigenvalue weighted by Crippen LogP contribution is -2.39. The van der Waals surface area contributed by atoms with E-state index >= 15 is 0 Å². The number of nitrogens with zero attached hydrogens (tertiary/aromatic N) is 4. The molecule has 1 unspecified atom stereocenters. The Kier molecular flexibility index (Phi) is 3.51. The molecule has 2 heterocycles. The first-order valence-corrected chi connectivity index (χ1v) is 5.88. The molecule has 1 aliphatic rings. The Morgan fingerprint density at radius 1 is 1.41 bits per heavy atom. The molecule has 0 N–H and O–H groups in total. The van der Waals surface area contributed by atoms with Gasteiger partial charge in [0.15, 0.2) is 6.29 Å². The van der Waals surface area contributed by atoms with Crippen molar-refractivity contribution in [3.8, 4) is 0 Å². The van der Waals surface area contributed by atoms with Crippen molar-refractivity contribution in [1.29, 1.82) is 0 Å². The minimum absolute atomic E-state index is 0.0482. The lowest BCUT2D eigenvalue weighted by molar-refractivity contribution is -0.135. The summed E-state index contributed by atoms with van der Waals surface area (Å²) >= 11 is 0. The number of rotatable bonds is 3. The second-order valence-corrected chi connectivity index (χ2v) is 4.30. The zero-order valence-corrected chi connectivity index (χ0v) is 9.87. The van der Waals surface area contributed by atoms with Crippen molar-refractivity contribution in [3.63, 3.8) is 0 Å². The number of carbonyl (C=O) groups is 2. The van der Waals surface area contributed by atoms with Crippen LogP contribution in [0.5, 0.6) is 0 Å². The molecule has 0 spiro atoms. The monoisotopic (exact) mass is 236 g/mol. The lowest BCUT2D eigenvalue weighted by atomic mass is 10.1. The molecule has 1 aliphatic heterocycles. The van der Waals surface area contributed by atoms with Gasteiger partial charge >= 0.3 is 0 Å². The van der Waals surface area contributed by atoms with Crippen LogP contribution in [0, 0.1) is 0 Å². The van der Waals surface area contributed by atoms with E-state index in [1.165, 1.54) is 17.3 Å². The van der Waals surface area contributed by atoms with Gasteiger partial charge in [0.2, 0.25) is 5.91 Å². The van der Waals surface area contributed by atoms with E-state index in [0.29, 0.717) is 6.29 Å². The zero-order valence-electron chi connectivity index (χ0n) is 9.87. The van der Waals surface area contributed by atoms with Gasteiger partial charge in [-0.3, -0.25) is 9.59 Å². The molecule has 0 aromatic carbocycles. The van der Waals surface area contributed by atoms with E-state index < -0.39 is 6.04 Å². The number of likely N-dealkylation sites (tertiary alicyclic amines) is 1. The third kappa shape index (κ3) is 2.51. The lowest BCUT2D eigenvalue weighted by Gasteiger charge is -2.29. The second kappa shape index (κ2) is 5.07. The van der Waals surface area contributed by atoms with Gasteiger partial charge in [-0.2, -0.15) is 0 Å². The molecule has 17 heavy (non-hydrogen) atoms. The highest BCUT2D eigenvalue weighted by Crippen LogP contribution is 2.14. The number of amides is 1. The van der Waals surface area contributed by atoms with Gasteiger partial charge in [-0.15, -0.1) is 5.10 Å². The predicted molar refractivity (Wildman–Crippen MR) is 60.6 cm³/mol. The largest absolute Gasteiger partial charge is 0.341 e. The van der Waals surface area contributed by atoms with Crippen molar-refractivity contribution in [1.82, 2.24) is 19.9 Å². The maximum Gasteiger partial charge on any atom is 0.247 e. The average Bonchev–Trinajstić information content (AvgIpc) is 2.87. The number of aldehydes is 1. The van der Waals surface area contributed by atoms with Crippen LogP contribution >= 0.6 is 0 Å². The maximum atomic E-state index is 12.1. The highest BCUT2D eigenvalue weighted by atomic mass is 16.2. The standard InChI is InChI=1S/C11H16N4O2/c1-9(15-7-10(8-16)12-13-15)11(17)14-5-3-2-4-6-14/h7-9H,2-6H2,1H3. The van der Waals surface area contributed by atoms with Crippen molar-refractivity contribution < 1.29 is 9.59 Å². The van der Waals surface area contributed by atoms with Crippen LogP contribution < -0.4 is 0 Å². The number of piperidine rings is 1. The van der Waals surface area contributed by atoms with E-state index in [-0.39, 0.29) is 11.6 Å². The molecule has 0 bridgehead atoms. The van der Waals surface area contributed by atoms with Gasteiger partial charge in [-0.05, 0) is 26.2 Å². The van der Waals surface area contributed by atoms with Gasteiger partial charge in [0.1, 0.15) is 11.7 Å². The third-order valence-electron chi connectivity index (χ3n) is 3.07. The first-order chi connectivity index (χ1) is 8.22. The first kappa shape index (κ1) is 11.8. The Balaban J connectivity index is 2.05. The van der Waals surface area contributed by atoms with Crippen LogP contribution in [0.3, 0.4) is 0 Å². The summed E-state index contributed by atoms with van der Waals surface area (Å²) in [4.78, 5) is 24.5. The summed E-state index contributed by atoms with van der Waals surface area (Å²) in [5, 5.41) is 7.45. The van der Waals surface area contributed by atoms with Crippen LogP contribution in [0.2, 0.25) is 0 Å². The maximum absolute atomic E-state index is 12.1. The summed E-state index contributed by atoms with van der Waals surface area (Å²) in [6.07, 6.45) is 5.45. The van der Waals surface area contributed by atoms with Gasteiger partial charge in [-0.25, -0.2) is 4.68 Å². The number of hydrogen-bond acceptors (Lipinski definition) is 4. The van der Waals surface area contributed by atoms with E-state index in [9.17, 15) is 9.59 Å². The van der Waals surface area contributed by atoms with Crippen LogP contribution in [-0.2, 0) is 4.79 Å². The highest BCUT2D eigenvalue weighted by Gasteiger charge is 2.24. The summed E-state index contributed by atoms with van der Waals surface area (Å²) in [5.74, 6) is 0.0482. The van der Waals surface area contributed by atoms with E-state index in [1.807, 2.05) is 4.90 Å². The van der Waals surface area contributed by atoms with Crippen LogP contribution in [-0.4, -0.2) is 45.2 Å². The van der Waals surface area contributed by atoms with Crippen molar-refractivity contribution in [2.75, 3.05) is 13.1 Å². The second-order valence-electron chi connectivity index (χ2n) is 4.30. The summed E-state index contributed by atoms with van der Waals surface area (Å²) in [5.41, 5.74) is 0.253. The van der Waals surface area contributed by atoms with Crippen LogP contribution in [0.25, 0.3) is 0 Å². The third-order valence-corrected chi connectivity index (χ3v) is 3.07. The molecule has 0 aliphatic carbocycles. The topological polar surface area (TPSA) is 68.1 Å². The Morgan fingerprint density at radius 3 is 2.71 bits per heavy atom. The number of carbonyl (C=O) groups excluding carboxylic acids is 2. The van der Waals surface area contributed by atoms with Gasteiger partial charge in [0.05, 0.1) is 6.20 Å². The predicted octanol–water partition coefficient (Wildman–Crippen LogP) is 0.664. The molecule has 2 rings (SSSR count). The Bertz CT molecular complexity index is 409. The summed E-state index contributed by atoms with van der Waals surface area (Å²) in [7, 11) is 0. The molecule has 6 nitrogen and oxygen atoms in total. The normalized spacial score (nSPS) is 17.8. The smallest absolute Gasteiger partial charge is 0.247 e. The molecule has 1 amide bonds. The van der Waals surface area contributed by atoms with Crippen LogP contribution in [0.15, 0.2) is 6.20 Å². The Hall–Kier alpha value is -1.72. The van der Waals surface area contributed by atoms with Crippen molar-refractivity contribution in [3.05, 3.63) is 11.9 Å². The molecule has 0 radical (unpaired) electrons. The average molecular weight is 236 g/mol. The number of hydrogen-bond donors (Lipinski definition) is 0. The molecule has 1 fully saturated rings. The highest BCUT2D eigenvalue weighted by molar-refractivity contribution is 5.80. The van der Waals surface area contributed by atoms with Crippen molar-refractivity contribution >= 4 is 12.2 Å². The molecule has 1 aromatic rings. The minimum Gasteiger partial charge on any atom is -0.341 e. The fourth-order valence-electron chi connectivity index (χ4n) is 2.03. The minimum atomic E-state index is -0.394. The quantitative estimate of drug-likeness (QED) is 0.723. The number of aromatic nitrogens is 3. The zero-order chi connectivity index (χ0) is 12.3. The SMILES string of the molecule is CC(C(=O)N1CCCCC1)n1cc(C=O)nn1. The van der Waals surface area contributed by atoms with Crippen molar-refractivity contribution in [2.24, 2.45) is 0 Å².